The van der Waals surface area contributed by atoms with Gasteiger partial charge in [0.15, 0.2) is 0 Å². The Kier molecular flexibility index (Phi) is 5.14. The minimum absolute atomic E-state index is 0.125. The maximum atomic E-state index is 13.3. The summed E-state index contributed by atoms with van der Waals surface area (Å²) in [4.78, 5) is 21.7. The monoisotopic (exact) mass is 347 g/mol. The van der Waals surface area contributed by atoms with Crippen LogP contribution in [0.1, 0.15) is 23.8 Å². The molecule has 128 valence electrons. The summed E-state index contributed by atoms with van der Waals surface area (Å²) in [6.07, 6.45) is 1.36. The van der Waals surface area contributed by atoms with Gasteiger partial charge in [-0.15, -0.1) is 11.3 Å². The fourth-order valence-corrected chi connectivity index (χ4v) is 4.03. The van der Waals surface area contributed by atoms with Gasteiger partial charge in [0.05, 0.1) is 0 Å². The number of aryl methyl sites for hydroxylation is 2. The van der Waals surface area contributed by atoms with Crippen LogP contribution < -0.4 is 4.90 Å². The van der Waals surface area contributed by atoms with E-state index in [0.717, 1.165) is 6.42 Å². The number of hydrogen-bond donors (Lipinski definition) is 0. The first-order valence-corrected chi connectivity index (χ1v) is 9.12. The van der Waals surface area contributed by atoms with E-state index in [9.17, 15) is 9.18 Å². The predicted octanol–water partition coefficient (Wildman–Crippen LogP) is 3.26. The fourth-order valence-electron chi connectivity index (χ4n) is 3.12. The first-order valence-electron chi connectivity index (χ1n) is 8.24. The van der Waals surface area contributed by atoms with E-state index < -0.39 is 5.95 Å². The van der Waals surface area contributed by atoms with Crippen molar-refractivity contribution >= 4 is 23.1 Å². The molecule has 1 amide bonds. The van der Waals surface area contributed by atoms with Gasteiger partial charge in [-0.1, -0.05) is 6.07 Å². The molecule has 4 nitrogen and oxygen atoms in total. The molecule has 1 unspecified atom stereocenters. The number of pyridine rings is 1. The Hall–Kier alpha value is -1.95. The van der Waals surface area contributed by atoms with E-state index in [2.05, 4.69) is 35.2 Å². The number of anilines is 1. The number of carbonyl (C=O) groups excluding carboxylic acids is 1. The van der Waals surface area contributed by atoms with E-state index in [1.807, 2.05) is 11.0 Å². The van der Waals surface area contributed by atoms with Gasteiger partial charge in [0.25, 0.3) is 0 Å². The third kappa shape index (κ3) is 3.75. The Morgan fingerprint density at radius 1 is 1.38 bits per heavy atom. The second kappa shape index (κ2) is 7.30. The van der Waals surface area contributed by atoms with Crippen molar-refractivity contribution in [2.24, 2.45) is 0 Å². The maximum Gasteiger partial charge on any atom is 0.223 e. The van der Waals surface area contributed by atoms with Crippen molar-refractivity contribution in [1.29, 1.82) is 0 Å². The second-order valence-electron chi connectivity index (χ2n) is 6.23. The van der Waals surface area contributed by atoms with Crippen LogP contribution in [0.25, 0.3) is 0 Å². The highest BCUT2D eigenvalue weighted by Gasteiger charge is 2.27. The van der Waals surface area contributed by atoms with Gasteiger partial charge >= 0.3 is 0 Å². The van der Waals surface area contributed by atoms with Crippen LogP contribution in [0.4, 0.5) is 10.2 Å². The van der Waals surface area contributed by atoms with Crippen LogP contribution >= 0.6 is 11.3 Å². The summed E-state index contributed by atoms with van der Waals surface area (Å²) in [5, 5.41) is 2.07. The zero-order valence-corrected chi connectivity index (χ0v) is 14.9. The van der Waals surface area contributed by atoms with Gasteiger partial charge < -0.3 is 9.80 Å². The Morgan fingerprint density at radius 3 is 2.88 bits per heavy atom. The van der Waals surface area contributed by atoms with E-state index in [1.165, 1.54) is 16.5 Å². The van der Waals surface area contributed by atoms with Crippen molar-refractivity contribution in [3.05, 3.63) is 46.0 Å². The lowest BCUT2D eigenvalue weighted by atomic mass is 10.1. The van der Waals surface area contributed by atoms with Crippen LogP contribution in [0, 0.1) is 12.9 Å². The molecule has 1 fully saturated rings. The lowest BCUT2D eigenvalue weighted by Crippen LogP contribution is -2.54. The maximum absolute atomic E-state index is 13.3. The molecule has 1 aliphatic heterocycles. The predicted molar refractivity (Wildman–Crippen MR) is 95.0 cm³/mol. The van der Waals surface area contributed by atoms with Gasteiger partial charge in [-0.05, 0) is 49.4 Å². The van der Waals surface area contributed by atoms with E-state index >= 15 is 0 Å². The van der Waals surface area contributed by atoms with Gasteiger partial charge in [-0.3, -0.25) is 4.79 Å². The first kappa shape index (κ1) is 16.9. The molecule has 0 spiro atoms. The molecule has 1 atom stereocenters. The molecular weight excluding hydrogens is 325 g/mol. The average Bonchev–Trinajstić information content (AvgIpc) is 2.97. The Balaban J connectivity index is 1.56. The number of carbonyl (C=O) groups is 1. The Morgan fingerprint density at radius 2 is 2.21 bits per heavy atom. The molecule has 6 heteroatoms. The van der Waals surface area contributed by atoms with Crippen molar-refractivity contribution in [1.82, 2.24) is 9.88 Å². The van der Waals surface area contributed by atoms with Crippen molar-refractivity contribution in [3.8, 4) is 0 Å². The van der Waals surface area contributed by atoms with Crippen molar-refractivity contribution in [2.45, 2.75) is 32.7 Å². The highest BCUT2D eigenvalue weighted by molar-refractivity contribution is 7.10. The van der Waals surface area contributed by atoms with Crippen molar-refractivity contribution in [3.63, 3.8) is 0 Å². The number of halogens is 1. The third-order valence-corrected chi connectivity index (χ3v) is 5.59. The molecule has 0 aromatic carbocycles. The molecule has 0 N–H and O–H groups in total. The minimum Gasteiger partial charge on any atom is -0.350 e. The molecular formula is C18H22FN3OS. The summed E-state index contributed by atoms with van der Waals surface area (Å²) < 4.78 is 13.3. The number of thiophene rings is 1. The highest BCUT2D eigenvalue weighted by atomic mass is 32.1. The van der Waals surface area contributed by atoms with Crippen LogP contribution in [0.5, 0.6) is 0 Å². The normalized spacial score (nSPS) is 18.0. The smallest absolute Gasteiger partial charge is 0.223 e. The molecule has 0 bridgehead atoms. The van der Waals surface area contributed by atoms with Crippen molar-refractivity contribution in [2.75, 3.05) is 24.5 Å². The van der Waals surface area contributed by atoms with E-state index in [1.54, 1.807) is 17.4 Å². The fraction of sp³-hybridized carbons (Fsp3) is 0.444. The van der Waals surface area contributed by atoms with Crippen LogP contribution in [-0.2, 0) is 11.2 Å². The number of piperazine rings is 1. The third-order valence-electron chi connectivity index (χ3n) is 4.51. The summed E-state index contributed by atoms with van der Waals surface area (Å²) in [5.74, 6) is 0.370. The molecule has 1 aliphatic rings. The topological polar surface area (TPSA) is 36.4 Å². The summed E-state index contributed by atoms with van der Waals surface area (Å²) in [7, 11) is 0. The lowest BCUT2D eigenvalue weighted by Gasteiger charge is -2.40. The number of aromatic nitrogens is 1. The second-order valence-corrected chi connectivity index (χ2v) is 7.23. The van der Waals surface area contributed by atoms with Crippen molar-refractivity contribution < 1.29 is 9.18 Å². The van der Waals surface area contributed by atoms with E-state index in [4.69, 9.17) is 0 Å². The van der Waals surface area contributed by atoms with Crippen LogP contribution in [-0.4, -0.2) is 41.5 Å². The molecule has 1 saturated heterocycles. The largest absolute Gasteiger partial charge is 0.350 e. The molecule has 0 saturated carbocycles. The van der Waals surface area contributed by atoms with E-state index in [-0.39, 0.29) is 11.9 Å². The molecule has 24 heavy (non-hydrogen) atoms. The summed E-state index contributed by atoms with van der Waals surface area (Å²) in [5.41, 5.74) is 1.27. The molecule has 3 heterocycles. The zero-order chi connectivity index (χ0) is 17.1. The number of rotatable bonds is 4. The number of nitrogens with zero attached hydrogens (tertiary/aromatic N) is 3. The molecule has 2 aromatic heterocycles. The van der Waals surface area contributed by atoms with Gasteiger partial charge in [-0.2, -0.15) is 4.39 Å². The zero-order valence-electron chi connectivity index (χ0n) is 14.0. The minimum atomic E-state index is -0.468. The van der Waals surface area contributed by atoms with Crippen LogP contribution in [0.15, 0.2) is 29.6 Å². The van der Waals surface area contributed by atoms with Gasteiger partial charge in [0.2, 0.25) is 11.9 Å². The number of hydrogen-bond acceptors (Lipinski definition) is 4. The van der Waals surface area contributed by atoms with Crippen LogP contribution in [0.2, 0.25) is 0 Å². The van der Waals surface area contributed by atoms with Gasteiger partial charge in [0.1, 0.15) is 5.82 Å². The van der Waals surface area contributed by atoms with Gasteiger partial charge in [0, 0.05) is 37.0 Å². The summed E-state index contributed by atoms with van der Waals surface area (Å²) in [6, 6.07) is 7.06. The Labute approximate surface area is 145 Å². The quantitative estimate of drug-likeness (QED) is 0.797. The standard InChI is InChI=1S/C18H22FN3OS/c1-13-8-11-24-15(13)6-7-18(23)21-9-10-22(14(2)12-21)17-5-3-4-16(19)20-17/h3-5,8,11,14H,6-7,9-10,12H2,1-2H3. The Bertz CT molecular complexity index is 718. The molecule has 3 rings (SSSR count). The molecule has 0 aliphatic carbocycles. The van der Waals surface area contributed by atoms with E-state index in [0.29, 0.717) is 31.9 Å². The highest BCUT2D eigenvalue weighted by Crippen LogP contribution is 2.21. The summed E-state index contributed by atoms with van der Waals surface area (Å²) >= 11 is 1.71. The molecule has 2 aromatic rings. The number of amides is 1. The lowest BCUT2D eigenvalue weighted by molar-refractivity contribution is -0.131. The summed E-state index contributed by atoms with van der Waals surface area (Å²) in [6.45, 7) is 6.13. The SMILES string of the molecule is Cc1ccsc1CCC(=O)N1CCN(c2cccc(F)n2)C(C)C1. The van der Waals surface area contributed by atoms with Crippen LogP contribution in [0.3, 0.4) is 0 Å². The van der Waals surface area contributed by atoms with Gasteiger partial charge in [-0.25, -0.2) is 4.98 Å². The molecule has 0 radical (unpaired) electrons. The average molecular weight is 347 g/mol. The first-order chi connectivity index (χ1) is 11.5.